The zero-order valence-electron chi connectivity index (χ0n) is 12.3. The van der Waals surface area contributed by atoms with E-state index < -0.39 is 29.7 Å². The average Bonchev–Trinajstić information content (AvgIpc) is 2.94. The first-order valence-corrected chi connectivity index (χ1v) is 6.92. The largest absolute Gasteiger partial charge is 0.298 e. The lowest BCUT2D eigenvalue weighted by Crippen LogP contribution is -2.30. The number of nitrogens with zero attached hydrogens (tertiary/aromatic N) is 5. The molecule has 0 bridgehead atoms. The Morgan fingerprint density at radius 1 is 1.21 bits per heavy atom. The van der Waals surface area contributed by atoms with Crippen molar-refractivity contribution in [3.63, 3.8) is 0 Å². The minimum atomic E-state index is -2.80. The molecule has 10 heteroatoms. The molecule has 126 valence electrons. The Hall–Kier alpha value is -2.78. The van der Waals surface area contributed by atoms with Crippen LogP contribution < -0.4 is 5.56 Å². The van der Waals surface area contributed by atoms with Gasteiger partial charge in [-0.3, -0.25) is 9.48 Å². The van der Waals surface area contributed by atoms with Crippen molar-refractivity contribution < 1.29 is 17.6 Å². The average molecular weight is 341 g/mol. The van der Waals surface area contributed by atoms with Crippen LogP contribution in [0.15, 0.2) is 29.2 Å². The zero-order chi connectivity index (χ0) is 17.4. The van der Waals surface area contributed by atoms with Crippen molar-refractivity contribution >= 4 is 11.0 Å². The smallest absolute Gasteiger partial charge is 0.265 e. The summed E-state index contributed by atoms with van der Waals surface area (Å²) in [5.74, 6) is -1.52. The molecule has 1 atom stereocenters. The molecule has 3 rings (SSSR count). The highest BCUT2D eigenvalue weighted by Gasteiger charge is 2.22. The van der Waals surface area contributed by atoms with Gasteiger partial charge in [0.2, 0.25) is 0 Å². The van der Waals surface area contributed by atoms with Gasteiger partial charge in [0.1, 0.15) is 23.2 Å². The van der Waals surface area contributed by atoms with Gasteiger partial charge < -0.3 is 0 Å². The van der Waals surface area contributed by atoms with E-state index in [4.69, 9.17) is 0 Å². The number of aromatic nitrogens is 5. The summed E-state index contributed by atoms with van der Waals surface area (Å²) in [4.78, 5) is 12.2. The summed E-state index contributed by atoms with van der Waals surface area (Å²) in [7, 11) is 0. The van der Waals surface area contributed by atoms with E-state index in [-0.39, 0.29) is 23.1 Å². The monoisotopic (exact) mass is 341 g/mol. The molecular formula is C14H11F4N5O. The number of hydrogen-bond donors (Lipinski definition) is 0. The van der Waals surface area contributed by atoms with Gasteiger partial charge in [-0.05, 0) is 19.1 Å². The van der Waals surface area contributed by atoms with Crippen LogP contribution in [0.1, 0.15) is 18.5 Å². The molecule has 0 unspecified atom stereocenters. The van der Waals surface area contributed by atoms with Gasteiger partial charge in [-0.15, -0.1) is 5.10 Å². The van der Waals surface area contributed by atoms with Crippen molar-refractivity contribution in [1.29, 1.82) is 0 Å². The molecule has 0 N–H and O–H groups in total. The highest BCUT2D eigenvalue weighted by atomic mass is 19.3. The summed E-state index contributed by atoms with van der Waals surface area (Å²) in [6.45, 7) is 0.844. The van der Waals surface area contributed by atoms with Crippen molar-refractivity contribution in [2.45, 2.75) is 25.9 Å². The number of alkyl halides is 2. The molecule has 0 radical (unpaired) electrons. The van der Waals surface area contributed by atoms with Crippen LogP contribution in [-0.4, -0.2) is 31.2 Å². The van der Waals surface area contributed by atoms with Crippen LogP contribution in [0.5, 0.6) is 0 Å². The SMILES string of the molecule is C[C@@H](C(F)F)n1nnc2cn(Cc3c(F)cccc3F)nc2c1=O. The molecule has 0 aliphatic carbocycles. The lowest BCUT2D eigenvalue weighted by molar-refractivity contribution is 0.0817. The first-order valence-electron chi connectivity index (χ1n) is 6.92. The normalized spacial score (nSPS) is 12.9. The van der Waals surface area contributed by atoms with Crippen molar-refractivity contribution in [2.75, 3.05) is 0 Å². The van der Waals surface area contributed by atoms with Crippen molar-refractivity contribution in [3.05, 3.63) is 51.9 Å². The van der Waals surface area contributed by atoms with Gasteiger partial charge >= 0.3 is 0 Å². The van der Waals surface area contributed by atoms with Gasteiger partial charge in [-0.25, -0.2) is 22.2 Å². The topological polar surface area (TPSA) is 65.6 Å². The number of benzene rings is 1. The van der Waals surface area contributed by atoms with Gasteiger partial charge in [0.25, 0.3) is 12.0 Å². The third kappa shape index (κ3) is 2.74. The van der Waals surface area contributed by atoms with Gasteiger partial charge in [-0.1, -0.05) is 11.3 Å². The lowest BCUT2D eigenvalue weighted by Gasteiger charge is -2.10. The Balaban J connectivity index is 2.03. The summed E-state index contributed by atoms with van der Waals surface area (Å²) >= 11 is 0. The van der Waals surface area contributed by atoms with Gasteiger partial charge in [0.15, 0.2) is 5.52 Å². The quantitative estimate of drug-likeness (QED) is 0.682. The molecule has 6 nitrogen and oxygen atoms in total. The predicted octanol–water partition coefficient (Wildman–Crippen LogP) is 2.14. The molecule has 2 heterocycles. The van der Waals surface area contributed by atoms with Crippen LogP contribution in [0.3, 0.4) is 0 Å². The van der Waals surface area contributed by atoms with E-state index in [0.29, 0.717) is 4.68 Å². The minimum absolute atomic E-state index is 0.0504. The number of hydrogen-bond acceptors (Lipinski definition) is 4. The first-order chi connectivity index (χ1) is 11.4. The van der Waals surface area contributed by atoms with Gasteiger partial charge in [0.05, 0.1) is 12.7 Å². The summed E-state index contributed by atoms with van der Waals surface area (Å²) in [6, 6.07) is 1.95. The molecule has 0 aliphatic heterocycles. The maximum Gasteiger partial charge on any atom is 0.298 e. The summed E-state index contributed by atoms with van der Waals surface area (Å²) < 4.78 is 54.5. The lowest BCUT2D eigenvalue weighted by atomic mass is 10.2. The fraction of sp³-hybridized carbons (Fsp3) is 0.286. The molecular weight excluding hydrogens is 330 g/mol. The van der Waals surface area contributed by atoms with Gasteiger partial charge in [-0.2, -0.15) is 5.10 Å². The number of fused-ring (bicyclic) bond motifs is 1. The third-order valence-corrected chi connectivity index (χ3v) is 3.53. The molecule has 24 heavy (non-hydrogen) atoms. The minimum Gasteiger partial charge on any atom is -0.265 e. The van der Waals surface area contributed by atoms with Crippen LogP contribution >= 0.6 is 0 Å². The third-order valence-electron chi connectivity index (χ3n) is 3.53. The van der Waals surface area contributed by atoms with E-state index in [0.717, 1.165) is 23.7 Å². The standard InChI is InChI=1S/C14H11F4N5O/c1-7(13(17)18)23-14(24)12-11(19-21-23)6-22(20-12)5-8-9(15)3-2-4-10(8)16/h2-4,6-7,13H,5H2,1H3/t7-/m0/s1. The maximum absolute atomic E-state index is 13.7. The van der Waals surface area contributed by atoms with Crippen molar-refractivity contribution in [3.8, 4) is 0 Å². The summed E-state index contributed by atoms with van der Waals surface area (Å²) in [5.41, 5.74) is -1.23. The second kappa shape index (κ2) is 6.02. The molecule has 0 saturated carbocycles. The Bertz CT molecular complexity index is 932. The fourth-order valence-electron chi connectivity index (χ4n) is 2.18. The van der Waals surface area contributed by atoms with Crippen molar-refractivity contribution in [1.82, 2.24) is 24.8 Å². The van der Waals surface area contributed by atoms with Crippen LogP contribution in [0.2, 0.25) is 0 Å². The molecule has 0 aliphatic rings. The predicted molar refractivity (Wildman–Crippen MR) is 75.8 cm³/mol. The summed E-state index contributed by atoms with van der Waals surface area (Å²) in [5, 5.41) is 11.0. The zero-order valence-corrected chi connectivity index (χ0v) is 12.3. The molecule has 0 amide bonds. The maximum atomic E-state index is 13.7. The molecule has 0 fully saturated rings. The van der Waals surface area contributed by atoms with E-state index >= 15 is 0 Å². The first kappa shape index (κ1) is 16.1. The van der Waals surface area contributed by atoms with Gasteiger partial charge in [0, 0.05) is 5.56 Å². The number of halogens is 4. The number of rotatable bonds is 4. The molecule has 3 aromatic rings. The van der Waals surface area contributed by atoms with Crippen LogP contribution in [-0.2, 0) is 6.54 Å². The molecule has 0 spiro atoms. The van der Waals surface area contributed by atoms with Crippen LogP contribution in [0.25, 0.3) is 11.0 Å². The fourth-order valence-corrected chi connectivity index (χ4v) is 2.18. The second-order valence-corrected chi connectivity index (χ2v) is 5.17. The highest BCUT2D eigenvalue weighted by Crippen LogP contribution is 2.16. The molecule has 2 aromatic heterocycles. The van der Waals surface area contributed by atoms with E-state index in [1.165, 1.54) is 12.3 Å². The van der Waals surface area contributed by atoms with E-state index in [2.05, 4.69) is 15.4 Å². The second-order valence-electron chi connectivity index (χ2n) is 5.17. The Morgan fingerprint density at radius 3 is 2.50 bits per heavy atom. The van der Waals surface area contributed by atoms with E-state index in [1.807, 2.05) is 0 Å². The Kier molecular flexibility index (Phi) is 4.04. The Labute approximate surface area is 132 Å². The van der Waals surface area contributed by atoms with E-state index in [1.54, 1.807) is 0 Å². The Morgan fingerprint density at radius 2 is 1.88 bits per heavy atom. The molecule has 1 aromatic carbocycles. The van der Waals surface area contributed by atoms with E-state index in [9.17, 15) is 22.4 Å². The van der Waals surface area contributed by atoms with Crippen LogP contribution in [0, 0.1) is 11.6 Å². The summed E-state index contributed by atoms with van der Waals surface area (Å²) in [6.07, 6.45) is -1.53. The van der Waals surface area contributed by atoms with Crippen LogP contribution in [0.4, 0.5) is 17.6 Å². The highest BCUT2D eigenvalue weighted by molar-refractivity contribution is 5.71. The van der Waals surface area contributed by atoms with Crippen molar-refractivity contribution in [2.24, 2.45) is 0 Å². The molecule has 0 saturated heterocycles.